The summed E-state index contributed by atoms with van der Waals surface area (Å²) < 4.78 is 34.9. The maximum absolute atomic E-state index is 12.7. The number of benzene rings is 3. The van der Waals surface area contributed by atoms with Gasteiger partial charge in [0.1, 0.15) is 11.4 Å². The summed E-state index contributed by atoms with van der Waals surface area (Å²) in [7, 11) is -2.26. The first-order chi connectivity index (χ1) is 14.5. The molecule has 0 saturated carbocycles. The SMILES string of the molecule is COc1cccc(S(=O)(=O)Nc2cccc(-c3cn(Cc4ccccc4)nn3)c2)c1. The third-order valence-electron chi connectivity index (χ3n) is 4.49. The fourth-order valence-electron chi connectivity index (χ4n) is 3.00. The van der Waals surface area contributed by atoms with Crippen LogP contribution in [0, 0.1) is 0 Å². The van der Waals surface area contributed by atoms with Gasteiger partial charge in [0.2, 0.25) is 0 Å². The van der Waals surface area contributed by atoms with Crippen molar-refractivity contribution in [1.82, 2.24) is 15.0 Å². The molecule has 0 atom stereocenters. The van der Waals surface area contributed by atoms with E-state index in [4.69, 9.17) is 4.74 Å². The molecule has 152 valence electrons. The Balaban J connectivity index is 1.54. The minimum absolute atomic E-state index is 0.126. The fraction of sp³-hybridized carbons (Fsp3) is 0.0909. The molecule has 0 amide bonds. The van der Waals surface area contributed by atoms with Crippen molar-refractivity contribution in [2.45, 2.75) is 11.4 Å². The molecular weight excluding hydrogens is 400 g/mol. The Labute approximate surface area is 175 Å². The minimum Gasteiger partial charge on any atom is -0.497 e. The summed E-state index contributed by atoms with van der Waals surface area (Å²) in [6.07, 6.45) is 1.84. The van der Waals surface area contributed by atoms with Crippen LogP contribution in [0.4, 0.5) is 5.69 Å². The third kappa shape index (κ3) is 4.49. The molecular formula is C22H20N4O3S. The lowest BCUT2D eigenvalue weighted by Gasteiger charge is -2.10. The maximum Gasteiger partial charge on any atom is 0.262 e. The Morgan fingerprint density at radius 3 is 2.57 bits per heavy atom. The molecule has 1 N–H and O–H groups in total. The number of ether oxygens (including phenoxy) is 1. The van der Waals surface area contributed by atoms with Crippen LogP contribution in [0.5, 0.6) is 5.75 Å². The zero-order valence-corrected chi connectivity index (χ0v) is 17.1. The molecule has 0 bridgehead atoms. The van der Waals surface area contributed by atoms with E-state index in [2.05, 4.69) is 15.0 Å². The van der Waals surface area contributed by atoms with E-state index >= 15 is 0 Å². The number of rotatable bonds is 7. The normalized spacial score (nSPS) is 11.2. The van der Waals surface area contributed by atoms with Crippen LogP contribution in [0.2, 0.25) is 0 Å². The smallest absolute Gasteiger partial charge is 0.262 e. The van der Waals surface area contributed by atoms with E-state index in [1.807, 2.05) is 42.6 Å². The van der Waals surface area contributed by atoms with Gasteiger partial charge in [-0.05, 0) is 29.8 Å². The van der Waals surface area contributed by atoms with E-state index in [0.717, 1.165) is 11.1 Å². The molecule has 3 aromatic carbocycles. The topological polar surface area (TPSA) is 86.1 Å². The van der Waals surface area contributed by atoms with Crippen molar-refractivity contribution in [2.24, 2.45) is 0 Å². The quantitative estimate of drug-likeness (QED) is 0.491. The lowest BCUT2D eigenvalue weighted by Crippen LogP contribution is -2.13. The summed E-state index contributed by atoms with van der Waals surface area (Å²) in [6.45, 7) is 0.607. The Hall–Kier alpha value is -3.65. The molecule has 0 aliphatic carbocycles. The van der Waals surface area contributed by atoms with Gasteiger partial charge < -0.3 is 4.74 Å². The van der Waals surface area contributed by atoms with Gasteiger partial charge in [-0.2, -0.15) is 0 Å². The first kappa shape index (κ1) is 19.7. The van der Waals surface area contributed by atoms with Crippen LogP contribution in [0.3, 0.4) is 0 Å². The summed E-state index contributed by atoms with van der Waals surface area (Å²) in [5.74, 6) is 0.474. The third-order valence-corrected chi connectivity index (χ3v) is 5.87. The van der Waals surface area contributed by atoms with E-state index in [-0.39, 0.29) is 4.90 Å². The number of methoxy groups -OCH3 is 1. The average molecular weight is 420 g/mol. The van der Waals surface area contributed by atoms with Gasteiger partial charge in [-0.1, -0.05) is 53.7 Å². The van der Waals surface area contributed by atoms with Gasteiger partial charge in [0, 0.05) is 17.3 Å². The van der Waals surface area contributed by atoms with Gasteiger partial charge in [0.15, 0.2) is 0 Å². The van der Waals surface area contributed by atoms with Gasteiger partial charge in [-0.3, -0.25) is 4.72 Å². The number of nitrogens with zero attached hydrogens (tertiary/aromatic N) is 3. The second kappa shape index (κ2) is 8.38. The molecule has 4 rings (SSSR count). The van der Waals surface area contributed by atoms with Crippen LogP contribution in [0.15, 0.2) is 90.0 Å². The minimum atomic E-state index is -3.75. The molecule has 0 aliphatic rings. The van der Waals surface area contributed by atoms with E-state index in [0.29, 0.717) is 23.7 Å². The zero-order valence-electron chi connectivity index (χ0n) is 16.3. The lowest BCUT2D eigenvalue weighted by atomic mass is 10.1. The Morgan fingerprint density at radius 1 is 0.967 bits per heavy atom. The van der Waals surface area contributed by atoms with Crippen molar-refractivity contribution in [3.05, 3.63) is 90.6 Å². The zero-order chi connectivity index (χ0) is 21.0. The van der Waals surface area contributed by atoms with Gasteiger partial charge in [-0.25, -0.2) is 13.1 Å². The van der Waals surface area contributed by atoms with Crippen LogP contribution in [0.25, 0.3) is 11.3 Å². The van der Waals surface area contributed by atoms with Gasteiger partial charge in [0.05, 0.1) is 24.7 Å². The predicted molar refractivity (Wildman–Crippen MR) is 115 cm³/mol. The predicted octanol–water partition coefficient (Wildman–Crippen LogP) is 3.80. The molecule has 0 radical (unpaired) electrons. The fourth-order valence-corrected chi connectivity index (χ4v) is 4.09. The van der Waals surface area contributed by atoms with Crippen LogP contribution in [-0.4, -0.2) is 30.5 Å². The van der Waals surface area contributed by atoms with Crippen molar-refractivity contribution in [1.29, 1.82) is 0 Å². The number of nitrogens with one attached hydrogen (secondary N) is 1. The standard InChI is InChI=1S/C22H20N4O3S/c1-29-20-11-6-12-21(14-20)30(27,28)24-19-10-5-9-18(13-19)22-16-26(25-23-22)15-17-7-3-2-4-8-17/h2-14,16,24H,15H2,1H3. The molecule has 4 aromatic rings. The van der Waals surface area contributed by atoms with Crippen molar-refractivity contribution >= 4 is 15.7 Å². The Morgan fingerprint density at radius 2 is 1.77 bits per heavy atom. The summed E-state index contributed by atoms with van der Waals surface area (Å²) in [5, 5.41) is 8.39. The number of hydrogen-bond donors (Lipinski definition) is 1. The first-order valence-corrected chi connectivity index (χ1v) is 10.7. The molecule has 0 aliphatic heterocycles. The van der Waals surface area contributed by atoms with Crippen molar-refractivity contribution < 1.29 is 13.2 Å². The number of aromatic nitrogens is 3. The Kier molecular flexibility index (Phi) is 5.49. The van der Waals surface area contributed by atoms with Crippen molar-refractivity contribution in [2.75, 3.05) is 11.8 Å². The summed E-state index contributed by atoms with van der Waals surface area (Å²) >= 11 is 0. The molecule has 0 unspecified atom stereocenters. The highest BCUT2D eigenvalue weighted by atomic mass is 32.2. The highest BCUT2D eigenvalue weighted by Gasteiger charge is 2.15. The number of anilines is 1. The molecule has 0 spiro atoms. The van der Waals surface area contributed by atoms with Gasteiger partial charge in [0.25, 0.3) is 10.0 Å². The van der Waals surface area contributed by atoms with E-state index in [1.165, 1.54) is 19.2 Å². The largest absolute Gasteiger partial charge is 0.497 e. The monoisotopic (exact) mass is 420 g/mol. The maximum atomic E-state index is 12.7. The highest BCUT2D eigenvalue weighted by molar-refractivity contribution is 7.92. The summed E-state index contributed by atoms with van der Waals surface area (Å²) in [6, 6.07) is 23.3. The van der Waals surface area contributed by atoms with Crippen LogP contribution < -0.4 is 9.46 Å². The summed E-state index contributed by atoms with van der Waals surface area (Å²) in [4.78, 5) is 0.126. The van der Waals surface area contributed by atoms with Crippen LogP contribution >= 0.6 is 0 Å². The Bertz CT molecular complexity index is 1250. The van der Waals surface area contributed by atoms with Crippen molar-refractivity contribution in [3.8, 4) is 17.0 Å². The average Bonchev–Trinajstić information content (AvgIpc) is 3.23. The summed E-state index contributed by atoms with van der Waals surface area (Å²) in [5.41, 5.74) is 2.98. The first-order valence-electron chi connectivity index (χ1n) is 9.25. The number of sulfonamides is 1. The van der Waals surface area contributed by atoms with Crippen LogP contribution in [-0.2, 0) is 16.6 Å². The van der Waals surface area contributed by atoms with Crippen LogP contribution in [0.1, 0.15) is 5.56 Å². The van der Waals surface area contributed by atoms with Gasteiger partial charge in [-0.15, -0.1) is 5.10 Å². The molecule has 7 nitrogen and oxygen atoms in total. The molecule has 1 heterocycles. The molecule has 30 heavy (non-hydrogen) atoms. The van der Waals surface area contributed by atoms with Crippen molar-refractivity contribution in [3.63, 3.8) is 0 Å². The van der Waals surface area contributed by atoms with Gasteiger partial charge >= 0.3 is 0 Å². The second-order valence-electron chi connectivity index (χ2n) is 6.65. The number of hydrogen-bond acceptors (Lipinski definition) is 5. The highest BCUT2D eigenvalue weighted by Crippen LogP contribution is 2.24. The van der Waals surface area contributed by atoms with E-state index in [9.17, 15) is 8.42 Å². The molecule has 8 heteroatoms. The molecule has 1 aromatic heterocycles. The second-order valence-corrected chi connectivity index (χ2v) is 8.33. The van der Waals surface area contributed by atoms with E-state index < -0.39 is 10.0 Å². The molecule has 0 saturated heterocycles. The molecule has 0 fully saturated rings. The van der Waals surface area contributed by atoms with E-state index in [1.54, 1.807) is 35.0 Å². The lowest BCUT2D eigenvalue weighted by molar-refractivity contribution is 0.413.